The molecule has 2 nitrogen and oxygen atoms in total. The monoisotopic (exact) mass is 366 g/mol. The topological polar surface area (TPSA) is 16.1 Å². The lowest BCUT2D eigenvalue weighted by molar-refractivity contribution is -0.332. The van der Waals surface area contributed by atoms with Crippen molar-refractivity contribution in [3.8, 4) is 0 Å². The highest BCUT2D eigenvalue weighted by Gasteiger charge is 2.72. The molecule has 0 bridgehead atoms. The molecule has 9 heteroatoms. The number of halogens is 7. The van der Waals surface area contributed by atoms with Gasteiger partial charge in [-0.25, -0.2) is 4.39 Å². The summed E-state index contributed by atoms with van der Waals surface area (Å²) in [6, 6.07) is 4.93. The van der Waals surface area contributed by atoms with Crippen LogP contribution in [0.1, 0.15) is 12.1 Å². The van der Waals surface area contributed by atoms with E-state index in [1.807, 2.05) is 0 Å². The van der Waals surface area contributed by atoms with Crippen LogP contribution in [0.4, 0.5) is 36.4 Å². The molecule has 2 aromatic rings. The van der Waals surface area contributed by atoms with Crippen molar-refractivity contribution in [3.05, 3.63) is 35.8 Å². The van der Waals surface area contributed by atoms with Gasteiger partial charge in [0.1, 0.15) is 5.82 Å². The normalized spacial score (nSPS) is 18.2. The van der Waals surface area contributed by atoms with Gasteiger partial charge in [0.05, 0.1) is 5.52 Å². The maximum absolute atomic E-state index is 13.5. The van der Waals surface area contributed by atoms with Crippen LogP contribution in [-0.4, -0.2) is 30.4 Å². The van der Waals surface area contributed by atoms with Gasteiger partial charge < -0.3 is 4.90 Å². The summed E-state index contributed by atoms with van der Waals surface area (Å²) in [5, 5.41) is 0.186. The number of nitrogens with zero attached hydrogens (tertiary/aromatic N) is 2. The lowest BCUT2D eigenvalue weighted by atomic mass is 9.85. The standard InChI is InChI=1S/C16H13F7N2/c1-9-6-13(11-7-10(17)2-3-12(11)24-9)25-5-4-14(8-25,15(18,19)20)16(21,22)23/h2-3,6-7H,4-5,8H2,1H3. The first-order chi connectivity index (χ1) is 11.4. The maximum Gasteiger partial charge on any atom is 0.404 e. The van der Waals surface area contributed by atoms with Crippen LogP contribution in [0.3, 0.4) is 0 Å². The molecule has 1 aliphatic rings. The Hall–Kier alpha value is -2.06. The van der Waals surface area contributed by atoms with Crippen LogP contribution >= 0.6 is 0 Å². The van der Waals surface area contributed by atoms with Crippen molar-refractivity contribution in [2.45, 2.75) is 25.7 Å². The molecule has 1 aliphatic heterocycles. The minimum atomic E-state index is -5.43. The van der Waals surface area contributed by atoms with Crippen LogP contribution in [0.5, 0.6) is 0 Å². The van der Waals surface area contributed by atoms with E-state index >= 15 is 0 Å². The fourth-order valence-corrected chi connectivity index (χ4v) is 3.21. The minimum absolute atomic E-state index is 0.123. The molecule has 0 unspecified atom stereocenters. The van der Waals surface area contributed by atoms with Gasteiger partial charge in [-0.1, -0.05) is 0 Å². The third-order valence-corrected chi connectivity index (χ3v) is 4.57. The number of pyridine rings is 1. The molecule has 0 atom stereocenters. The van der Waals surface area contributed by atoms with Crippen molar-refractivity contribution in [2.75, 3.05) is 18.0 Å². The summed E-state index contributed by atoms with van der Waals surface area (Å²) in [5.74, 6) is -0.642. The molecule has 0 spiro atoms. The molecule has 25 heavy (non-hydrogen) atoms. The summed E-state index contributed by atoms with van der Waals surface area (Å²) in [6.45, 7) is -0.119. The highest BCUT2D eigenvalue weighted by molar-refractivity contribution is 5.92. The van der Waals surface area contributed by atoms with Gasteiger partial charge in [-0.15, -0.1) is 0 Å². The van der Waals surface area contributed by atoms with Gasteiger partial charge in [-0.05, 0) is 37.6 Å². The molecular weight excluding hydrogens is 353 g/mol. The average molecular weight is 366 g/mol. The predicted octanol–water partition coefficient (Wildman–Crippen LogP) is 5.00. The van der Waals surface area contributed by atoms with Crippen LogP contribution in [-0.2, 0) is 0 Å². The molecule has 2 heterocycles. The summed E-state index contributed by atoms with van der Waals surface area (Å²) in [6.07, 6.45) is -12.0. The Morgan fingerprint density at radius 1 is 1.04 bits per heavy atom. The molecular formula is C16H13F7N2. The highest BCUT2D eigenvalue weighted by atomic mass is 19.4. The zero-order valence-corrected chi connectivity index (χ0v) is 13.0. The second kappa shape index (κ2) is 5.47. The van der Waals surface area contributed by atoms with E-state index in [0.29, 0.717) is 11.2 Å². The molecule has 0 saturated carbocycles. The first-order valence-electron chi connectivity index (χ1n) is 7.40. The summed E-state index contributed by atoms with van der Waals surface area (Å²) in [7, 11) is 0. The van der Waals surface area contributed by atoms with Gasteiger partial charge in [0.25, 0.3) is 0 Å². The Morgan fingerprint density at radius 3 is 2.24 bits per heavy atom. The second-order valence-electron chi connectivity index (χ2n) is 6.19. The first kappa shape index (κ1) is 17.8. The summed E-state index contributed by atoms with van der Waals surface area (Å²) < 4.78 is 93.0. The van der Waals surface area contributed by atoms with E-state index < -0.39 is 43.1 Å². The van der Waals surface area contributed by atoms with Crippen molar-refractivity contribution >= 4 is 16.6 Å². The van der Waals surface area contributed by atoms with Crippen molar-refractivity contribution < 1.29 is 30.7 Å². The van der Waals surface area contributed by atoms with Gasteiger partial charge in [-0.3, -0.25) is 4.98 Å². The Morgan fingerprint density at radius 2 is 1.68 bits per heavy atom. The molecule has 0 radical (unpaired) electrons. The number of rotatable bonds is 1. The summed E-state index contributed by atoms with van der Waals surface area (Å²) >= 11 is 0. The lowest BCUT2D eigenvalue weighted by Gasteiger charge is -2.34. The van der Waals surface area contributed by atoms with E-state index in [-0.39, 0.29) is 11.1 Å². The zero-order valence-electron chi connectivity index (χ0n) is 13.0. The number of hydrogen-bond acceptors (Lipinski definition) is 2. The molecule has 0 aliphatic carbocycles. The number of fused-ring (bicyclic) bond motifs is 1. The average Bonchev–Trinajstić information content (AvgIpc) is 2.93. The highest BCUT2D eigenvalue weighted by Crippen LogP contribution is 2.56. The molecule has 0 amide bonds. The Labute approximate surface area is 138 Å². The van der Waals surface area contributed by atoms with Crippen LogP contribution in [0.25, 0.3) is 10.9 Å². The second-order valence-corrected chi connectivity index (χ2v) is 6.19. The summed E-state index contributed by atoms with van der Waals surface area (Å²) in [5.41, 5.74) is -2.94. The number of anilines is 1. The van der Waals surface area contributed by atoms with Crippen LogP contribution in [0.15, 0.2) is 24.3 Å². The first-order valence-corrected chi connectivity index (χ1v) is 7.40. The number of benzene rings is 1. The van der Waals surface area contributed by atoms with Gasteiger partial charge in [0, 0.05) is 29.9 Å². The van der Waals surface area contributed by atoms with E-state index in [1.165, 1.54) is 12.1 Å². The Kier molecular flexibility index (Phi) is 3.88. The molecule has 1 saturated heterocycles. The third-order valence-electron chi connectivity index (χ3n) is 4.57. The Balaban J connectivity index is 2.11. The van der Waals surface area contributed by atoms with Crippen molar-refractivity contribution in [1.82, 2.24) is 4.98 Å². The Bertz CT molecular complexity index is 796. The fourth-order valence-electron chi connectivity index (χ4n) is 3.21. The number of aryl methyl sites for hydroxylation is 1. The maximum atomic E-state index is 13.5. The molecule has 1 aromatic heterocycles. The van der Waals surface area contributed by atoms with Crippen molar-refractivity contribution in [2.24, 2.45) is 5.41 Å². The van der Waals surface area contributed by atoms with E-state index in [4.69, 9.17) is 0 Å². The van der Waals surface area contributed by atoms with Crippen molar-refractivity contribution in [1.29, 1.82) is 0 Å². The molecule has 136 valence electrons. The predicted molar refractivity (Wildman–Crippen MR) is 77.8 cm³/mol. The number of aromatic nitrogens is 1. The largest absolute Gasteiger partial charge is 0.404 e. The number of alkyl halides is 6. The fraction of sp³-hybridized carbons (Fsp3) is 0.438. The molecule has 1 aromatic carbocycles. The lowest BCUT2D eigenvalue weighted by Crippen LogP contribution is -2.51. The minimum Gasteiger partial charge on any atom is -0.370 e. The molecule has 3 rings (SSSR count). The van der Waals surface area contributed by atoms with E-state index in [0.717, 1.165) is 17.0 Å². The van der Waals surface area contributed by atoms with Gasteiger partial charge >= 0.3 is 12.4 Å². The van der Waals surface area contributed by atoms with Crippen molar-refractivity contribution in [3.63, 3.8) is 0 Å². The zero-order chi connectivity index (χ0) is 18.6. The molecule has 1 fully saturated rings. The SMILES string of the molecule is Cc1cc(N2CCC(C(F)(F)F)(C(F)(F)F)C2)c2cc(F)ccc2n1. The molecule has 0 N–H and O–H groups in total. The number of hydrogen-bond donors (Lipinski definition) is 0. The smallest absolute Gasteiger partial charge is 0.370 e. The van der Waals surface area contributed by atoms with Crippen LogP contribution in [0, 0.1) is 18.2 Å². The van der Waals surface area contributed by atoms with Crippen LogP contribution in [0.2, 0.25) is 0 Å². The third kappa shape index (κ3) is 2.79. The van der Waals surface area contributed by atoms with Gasteiger partial charge in [-0.2, -0.15) is 26.3 Å². The van der Waals surface area contributed by atoms with Gasteiger partial charge in [0.2, 0.25) is 0 Å². The van der Waals surface area contributed by atoms with Crippen LogP contribution < -0.4 is 4.90 Å². The quantitative estimate of drug-likeness (QED) is 0.660. The van der Waals surface area contributed by atoms with E-state index in [2.05, 4.69) is 4.98 Å². The van der Waals surface area contributed by atoms with Gasteiger partial charge in [0.15, 0.2) is 5.41 Å². The van der Waals surface area contributed by atoms with E-state index in [1.54, 1.807) is 6.92 Å². The summed E-state index contributed by atoms with van der Waals surface area (Å²) in [4.78, 5) is 5.16. The van der Waals surface area contributed by atoms with E-state index in [9.17, 15) is 30.7 Å².